The highest BCUT2D eigenvalue weighted by Gasteiger charge is 2.22. The molecule has 18 heavy (non-hydrogen) atoms. The van der Waals surface area contributed by atoms with Gasteiger partial charge in [0.2, 0.25) is 0 Å². The molecule has 1 aromatic carbocycles. The van der Waals surface area contributed by atoms with Gasteiger partial charge in [0.15, 0.2) is 0 Å². The molecule has 1 heterocycles. The van der Waals surface area contributed by atoms with Gasteiger partial charge < -0.3 is 10.1 Å². The van der Waals surface area contributed by atoms with Gasteiger partial charge in [-0.1, -0.05) is 6.07 Å². The molecular weight excluding hydrogens is 249 g/mol. The quantitative estimate of drug-likeness (QED) is 0.907. The van der Waals surface area contributed by atoms with Crippen molar-refractivity contribution in [3.05, 3.63) is 29.6 Å². The number of hydrogen-bond acceptors (Lipinski definition) is 3. The van der Waals surface area contributed by atoms with Crippen molar-refractivity contribution in [2.75, 3.05) is 13.2 Å². The summed E-state index contributed by atoms with van der Waals surface area (Å²) in [4.78, 5) is 1.03. The molecule has 2 rings (SSSR count). The minimum atomic E-state index is -0.128. The van der Waals surface area contributed by atoms with Crippen molar-refractivity contribution >= 4 is 11.8 Å². The van der Waals surface area contributed by atoms with E-state index in [1.807, 2.05) is 6.07 Å². The SMILES string of the molecule is CC(C)(C)NCc1c(F)cccc1SC1COC1. The lowest BCUT2D eigenvalue weighted by atomic mass is 10.1. The Morgan fingerprint density at radius 1 is 1.39 bits per heavy atom. The van der Waals surface area contributed by atoms with E-state index in [9.17, 15) is 4.39 Å². The second kappa shape index (κ2) is 5.59. The predicted octanol–water partition coefficient (Wildman–Crippen LogP) is 3.20. The molecule has 0 aliphatic carbocycles. The van der Waals surface area contributed by atoms with Gasteiger partial charge in [-0.05, 0) is 32.9 Å². The van der Waals surface area contributed by atoms with Gasteiger partial charge in [0, 0.05) is 22.5 Å². The van der Waals surface area contributed by atoms with E-state index >= 15 is 0 Å². The Hall–Kier alpha value is -0.580. The fourth-order valence-corrected chi connectivity index (χ4v) is 2.79. The first-order valence-electron chi connectivity index (χ1n) is 6.22. The molecule has 0 aromatic heterocycles. The van der Waals surface area contributed by atoms with Gasteiger partial charge >= 0.3 is 0 Å². The third-order valence-electron chi connectivity index (χ3n) is 2.77. The smallest absolute Gasteiger partial charge is 0.128 e. The second-order valence-corrected chi connectivity index (χ2v) is 6.94. The molecule has 0 atom stereocenters. The van der Waals surface area contributed by atoms with Crippen molar-refractivity contribution in [3.8, 4) is 0 Å². The zero-order valence-electron chi connectivity index (χ0n) is 11.1. The van der Waals surface area contributed by atoms with Crippen LogP contribution in [0, 0.1) is 5.82 Å². The molecule has 1 N–H and O–H groups in total. The van der Waals surface area contributed by atoms with Crippen LogP contribution >= 0.6 is 11.8 Å². The lowest BCUT2D eigenvalue weighted by molar-refractivity contribution is 0.0455. The summed E-state index contributed by atoms with van der Waals surface area (Å²) >= 11 is 1.72. The molecule has 1 aromatic rings. The topological polar surface area (TPSA) is 21.3 Å². The minimum absolute atomic E-state index is 0.0101. The summed E-state index contributed by atoms with van der Waals surface area (Å²) in [6.07, 6.45) is 0. The number of benzene rings is 1. The monoisotopic (exact) mass is 269 g/mol. The van der Waals surface area contributed by atoms with E-state index in [-0.39, 0.29) is 11.4 Å². The number of ether oxygens (including phenoxy) is 1. The van der Waals surface area contributed by atoms with Gasteiger partial charge in [-0.15, -0.1) is 11.8 Å². The van der Waals surface area contributed by atoms with Crippen LogP contribution in [0.25, 0.3) is 0 Å². The van der Waals surface area contributed by atoms with Crippen molar-refractivity contribution in [2.45, 2.75) is 43.0 Å². The standard InChI is InChI=1S/C14H20FNOS/c1-14(2,3)16-7-11-12(15)5-4-6-13(11)18-10-8-17-9-10/h4-6,10,16H,7-9H2,1-3H3. The number of halogens is 1. The highest BCUT2D eigenvalue weighted by Crippen LogP contribution is 2.32. The maximum absolute atomic E-state index is 13.9. The maximum atomic E-state index is 13.9. The van der Waals surface area contributed by atoms with Crippen LogP contribution in [0.1, 0.15) is 26.3 Å². The molecule has 4 heteroatoms. The molecule has 0 spiro atoms. The van der Waals surface area contributed by atoms with Crippen LogP contribution in [0.4, 0.5) is 4.39 Å². The van der Waals surface area contributed by atoms with Gasteiger partial charge in [-0.25, -0.2) is 4.39 Å². The number of hydrogen-bond donors (Lipinski definition) is 1. The van der Waals surface area contributed by atoms with E-state index in [1.54, 1.807) is 17.8 Å². The van der Waals surface area contributed by atoms with Gasteiger partial charge in [0.1, 0.15) is 5.82 Å². The molecular formula is C14H20FNOS. The molecule has 0 radical (unpaired) electrons. The van der Waals surface area contributed by atoms with Crippen molar-refractivity contribution in [3.63, 3.8) is 0 Å². The van der Waals surface area contributed by atoms with E-state index in [1.165, 1.54) is 6.07 Å². The average molecular weight is 269 g/mol. The minimum Gasteiger partial charge on any atom is -0.379 e. The fraction of sp³-hybridized carbons (Fsp3) is 0.571. The third kappa shape index (κ3) is 3.70. The Bertz CT molecular complexity index is 413. The molecule has 0 unspecified atom stereocenters. The molecule has 1 fully saturated rings. The molecule has 100 valence electrons. The first kappa shape index (κ1) is 13.8. The van der Waals surface area contributed by atoms with Crippen LogP contribution in [-0.2, 0) is 11.3 Å². The first-order valence-corrected chi connectivity index (χ1v) is 7.10. The Balaban J connectivity index is 2.10. The zero-order valence-corrected chi connectivity index (χ0v) is 11.9. The summed E-state index contributed by atoms with van der Waals surface area (Å²) in [7, 11) is 0. The van der Waals surface area contributed by atoms with Crippen molar-refractivity contribution in [1.29, 1.82) is 0 Å². The van der Waals surface area contributed by atoms with E-state index in [0.29, 0.717) is 11.8 Å². The Morgan fingerprint density at radius 2 is 2.11 bits per heavy atom. The summed E-state index contributed by atoms with van der Waals surface area (Å²) in [5, 5.41) is 3.82. The third-order valence-corrected chi connectivity index (χ3v) is 4.01. The second-order valence-electron chi connectivity index (χ2n) is 5.60. The van der Waals surface area contributed by atoms with Gasteiger partial charge in [0.05, 0.1) is 18.5 Å². The summed E-state index contributed by atoms with van der Waals surface area (Å²) < 4.78 is 19.1. The van der Waals surface area contributed by atoms with Crippen LogP contribution in [0.15, 0.2) is 23.1 Å². The van der Waals surface area contributed by atoms with E-state index in [2.05, 4.69) is 26.1 Å². The first-order chi connectivity index (χ1) is 8.46. The molecule has 0 amide bonds. The van der Waals surface area contributed by atoms with Crippen molar-refractivity contribution in [1.82, 2.24) is 5.32 Å². The highest BCUT2D eigenvalue weighted by molar-refractivity contribution is 8.00. The number of rotatable bonds is 4. The van der Waals surface area contributed by atoms with Gasteiger partial charge in [-0.3, -0.25) is 0 Å². The van der Waals surface area contributed by atoms with Crippen LogP contribution in [0.5, 0.6) is 0 Å². The zero-order chi connectivity index (χ0) is 13.2. The van der Waals surface area contributed by atoms with Gasteiger partial charge in [0.25, 0.3) is 0 Å². The lowest BCUT2D eigenvalue weighted by Gasteiger charge is -2.27. The fourth-order valence-electron chi connectivity index (χ4n) is 1.64. The Labute approximate surface area is 112 Å². The molecule has 1 aliphatic rings. The highest BCUT2D eigenvalue weighted by atomic mass is 32.2. The van der Waals surface area contributed by atoms with Crippen LogP contribution in [-0.4, -0.2) is 24.0 Å². The van der Waals surface area contributed by atoms with Crippen LogP contribution in [0.2, 0.25) is 0 Å². The normalized spacial score (nSPS) is 16.7. The summed E-state index contributed by atoms with van der Waals surface area (Å²) in [6, 6.07) is 5.30. The summed E-state index contributed by atoms with van der Waals surface area (Å²) in [5.41, 5.74) is 0.758. The van der Waals surface area contributed by atoms with Crippen molar-refractivity contribution in [2.24, 2.45) is 0 Å². The molecule has 0 saturated carbocycles. The molecule has 0 bridgehead atoms. The summed E-state index contributed by atoms with van der Waals surface area (Å²) in [6.45, 7) is 8.36. The van der Waals surface area contributed by atoms with Gasteiger partial charge in [-0.2, -0.15) is 0 Å². The largest absolute Gasteiger partial charge is 0.379 e. The maximum Gasteiger partial charge on any atom is 0.128 e. The Kier molecular flexibility index (Phi) is 4.30. The Morgan fingerprint density at radius 3 is 2.67 bits per heavy atom. The summed E-state index contributed by atoms with van der Waals surface area (Å²) in [5.74, 6) is -0.128. The van der Waals surface area contributed by atoms with E-state index in [4.69, 9.17) is 4.74 Å². The molecule has 1 saturated heterocycles. The van der Waals surface area contributed by atoms with Crippen molar-refractivity contribution < 1.29 is 9.13 Å². The van der Waals surface area contributed by atoms with E-state index < -0.39 is 0 Å². The lowest BCUT2D eigenvalue weighted by Crippen LogP contribution is -2.35. The molecule has 2 nitrogen and oxygen atoms in total. The van der Waals surface area contributed by atoms with E-state index in [0.717, 1.165) is 23.7 Å². The number of nitrogens with one attached hydrogen (secondary N) is 1. The number of thioether (sulfide) groups is 1. The van der Waals surface area contributed by atoms with Crippen LogP contribution in [0.3, 0.4) is 0 Å². The predicted molar refractivity (Wildman–Crippen MR) is 73.5 cm³/mol. The average Bonchev–Trinajstić information content (AvgIpc) is 2.21. The molecule has 1 aliphatic heterocycles. The van der Waals surface area contributed by atoms with Crippen LogP contribution < -0.4 is 5.32 Å².